The van der Waals surface area contributed by atoms with Crippen LogP contribution >= 0.6 is 0 Å². The fourth-order valence-corrected chi connectivity index (χ4v) is 3.67. The van der Waals surface area contributed by atoms with Gasteiger partial charge in [-0.2, -0.15) is 5.10 Å². The molecule has 0 aliphatic carbocycles. The molecule has 1 atom stereocenters. The maximum atomic E-state index is 13.3. The number of rotatable bonds is 4. The summed E-state index contributed by atoms with van der Waals surface area (Å²) in [4.78, 5) is 16.3. The molecule has 25 heavy (non-hydrogen) atoms. The molecule has 2 saturated heterocycles. The van der Waals surface area contributed by atoms with Gasteiger partial charge in [-0.1, -0.05) is 0 Å². The van der Waals surface area contributed by atoms with Crippen LogP contribution in [0.15, 0.2) is 12.3 Å². The number of hydrogen-bond donors (Lipinski definition) is 1. The summed E-state index contributed by atoms with van der Waals surface area (Å²) < 4.78 is 28.2. The summed E-state index contributed by atoms with van der Waals surface area (Å²) in [5, 5.41) is 15.0. The van der Waals surface area contributed by atoms with Gasteiger partial charge in [0.2, 0.25) is 0 Å². The van der Waals surface area contributed by atoms with Gasteiger partial charge in [-0.05, 0) is 26.3 Å². The Morgan fingerprint density at radius 2 is 1.96 bits per heavy atom. The molecule has 6 nitrogen and oxygen atoms in total. The van der Waals surface area contributed by atoms with Crippen molar-refractivity contribution in [2.45, 2.75) is 50.7 Å². The highest BCUT2D eigenvalue weighted by Crippen LogP contribution is 2.30. The molecule has 0 saturated carbocycles. The van der Waals surface area contributed by atoms with Crippen molar-refractivity contribution in [1.82, 2.24) is 19.6 Å². The summed E-state index contributed by atoms with van der Waals surface area (Å²) >= 11 is 0. The number of amides is 1. The Balaban J connectivity index is 1.60. The monoisotopic (exact) mass is 356 g/mol. The molecule has 0 radical (unpaired) electrons. The Morgan fingerprint density at radius 3 is 2.60 bits per heavy atom. The maximum absolute atomic E-state index is 13.3. The number of aliphatic hydroxyl groups is 1. The van der Waals surface area contributed by atoms with E-state index in [0.29, 0.717) is 25.2 Å². The topological polar surface area (TPSA) is 61.6 Å². The van der Waals surface area contributed by atoms with Crippen molar-refractivity contribution in [2.75, 3.05) is 32.7 Å². The van der Waals surface area contributed by atoms with Crippen LogP contribution in [-0.4, -0.2) is 74.8 Å². The van der Waals surface area contributed by atoms with Crippen LogP contribution in [0.5, 0.6) is 0 Å². The summed E-state index contributed by atoms with van der Waals surface area (Å²) in [6.45, 7) is 5.49. The van der Waals surface area contributed by atoms with Gasteiger partial charge in [0.15, 0.2) is 0 Å². The quantitative estimate of drug-likeness (QED) is 0.893. The van der Waals surface area contributed by atoms with Crippen molar-refractivity contribution in [2.24, 2.45) is 0 Å². The molecule has 0 bridgehead atoms. The standard InChI is InChI=1S/C17H26F2N4O2/c1-13(2)23-14(3-7-20-23)15(24)22-10-4-16(25,12-22)11-21-8-5-17(18,19)6-9-21/h3,7,13,25H,4-6,8-12H2,1-2H3/t16-/m1/s1. The zero-order valence-electron chi connectivity index (χ0n) is 14.8. The van der Waals surface area contributed by atoms with Crippen LogP contribution in [0.25, 0.3) is 0 Å². The first-order valence-electron chi connectivity index (χ1n) is 8.84. The molecule has 3 heterocycles. The van der Waals surface area contributed by atoms with Crippen LogP contribution in [0.4, 0.5) is 8.78 Å². The Kier molecular flexibility index (Phi) is 4.85. The van der Waals surface area contributed by atoms with E-state index in [1.54, 1.807) is 21.8 Å². The lowest BCUT2D eigenvalue weighted by atomic mass is 10.00. The fraction of sp³-hybridized carbons (Fsp3) is 0.765. The zero-order valence-corrected chi connectivity index (χ0v) is 14.8. The van der Waals surface area contributed by atoms with E-state index >= 15 is 0 Å². The van der Waals surface area contributed by atoms with E-state index < -0.39 is 11.5 Å². The number of piperidine rings is 1. The lowest BCUT2D eigenvalue weighted by Gasteiger charge is -2.36. The average Bonchev–Trinajstić information content (AvgIpc) is 3.16. The molecule has 3 rings (SSSR count). The third kappa shape index (κ3) is 4.00. The van der Waals surface area contributed by atoms with Gasteiger partial charge in [0.25, 0.3) is 11.8 Å². The second-order valence-electron chi connectivity index (χ2n) is 7.59. The number of nitrogens with zero attached hydrogens (tertiary/aromatic N) is 4. The molecule has 1 N–H and O–H groups in total. The molecule has 2 fully saturated rings. The molecule has 1 amide bonds. The molecule has 2 aliphatic rings. The third-order valence-corrected chi connectivity index (χ3v) is 5.10. The second-order valence-corrected chi connectivity index (χ2v) is 7.59. The number of β-amino-alcohol motifs (C(OH)–C–C–N with tert-alkyl or cyclic N) is 1. The number of hydrogen-bond acceptors (Lipinski definition) is 4. The van der Waals surface area contributed by atoms with Crippen molar-refractivity contribution < 1.29 is 18.7 Å². The predicted molar refractivity (Wildman–Crippen MR) is 88.7 cm³/mol. The van der Waals surface area contributed by atoms with Crippen molar-refractivity contribution in [3.05, 3.63) is 18.0 Å². The maximum Gasteiger partial charge on any atom is 0.272 e. The van der Waals surface area contributed by atoms with Crippen molar-refractivity contribution in [3.8, 4) is 0 Å². The largest absolute Gasteiger partial charge is 0.387 e. The van der Waals surface area contributed by atoms with Crippen LogP contribution in [0.3, 0.4) is 0 Å². The second kappa shape index (κ2) is 6.64. The Hall–Kier alpha value is -1.54. The number of halogens is 2. The minimum absolute atomic E-state index is 0.0745. The first kappa shape index (κ1) is 18.3. The number of likely N-dealkylation sites (tertiary alicyclic amines) is 2. The number of aromatic nitrogens is 2. The van der Waals surface area contributed by atoms with Gasteiger partial charge in [-0.15, -0.1) is 0 Å². The van der Waals surface area contributed by atoms with Gasteiger partial charge in [-0.3, -0.25) is 14.4 Å². The van der Waals surface area contributed by atoms with Gasteiger partial charge in [-0.25, -0.2) is 8.78 Å². The number of carbonyl (C=O) groups is 1. The van der Waals surface area contributed by atoms with E-state index in [4.69, 9.17) is 0 Å². The summed E-state index contributed by atoms with van der Waals surface area (Å²) in [5.41, 5.74) is -0.526. The average molecular weight is 356 g/mol. The molecule has 1 aromatic heterocycles. The molecular formula is C17H26F2N4O2. The van der Waals surface area contributed by atoms with Crippen LogP contribution in [0.1, 0.15) is 49.6 Å². The summed E-state index contributed by atoms with van der Waals surface area (Å²) in [5.74, 6) is -2.74. The van der Waals surface area contributed by atoms with E-state index in [-0.39, 0.29) is 44.4 Å². The molecule has 140 valence electrons. The summed E-state index contributed by atoms with van der Waals surface area (Å²) in [7, 11) is 0. The Labute approximate surface area is 146 Å². The molecular weight excluding hydrogens is 330 g/mol. The van der Waals surface area contributed by atoms with E-state index in [2.05, 4.69) is 5.10 Å². The summed E-state index contributed by atoms with van der Waals surface area (Å²) in [6.07, 6.45) is 1.73. The normalized spacial score (nSPS) is 27.2. The molecule has 1 aromatic rings. The van der Waals surface area contributed by atoms with Crippen LogP contribution < -0.4 is 0 Å². The molecule has 8 heteroatoms. The third-order valence-electron chi connectivity index (χ3n) is 5.10. The lowest BCUT2D eigenvalue weighted by Crippen LogP contribution is -2.49. The highest BCUT2D eigenvalue weighted by molar-refractivity contribution is 5.92. The fourth-order valence-electron chi connectivity index (χ4n) is 3.67. The van der Waals surface area contributed by atoms with Gasteiger partial charge in [0, 0.05) is 51.3 Å². The van der Waals surface area contributed by atoms with Crippen molar-refractivity contribution in [1.29, 1.82) is 0 Å². The van der Waals surface area contributed by atoms with E-state index in [1.807, 2.05) is 18.7 Å². The Bertz CT molecular complexity index is 624. The minimum Gasteiger partial charge on any atom is -0.387 e. The first-order valence-corrected chi connectivity index (χ1v) is 8.84. The minimum atomic E-state index is -2.59. The molecule has 0 unspecified atom stereocenters. The molecule has 0 spiro atoms. The molecule has 0 aromatic carbocycles. The van der Waals surface area contributed by atoms with E-state index in [1.165, 1.54) is 0 Å². The van der Waals surface area contributed by atoms with E-state index in [0.717, 1.165) is 0 Å². The van der Waals surface area contributed by atoms with Crippen LogP contribution in [0.2, 0.25) is 0 Å². The molecule has 2 aliphatic heterocycles. The predicted octanol–water partition coefficient (Wildman–Crippen LogP) is 1.77. The Morgan fingerprint density at radius 1 is 1.28 bits per heavy atom. The van der Waals surface area contributed by atoms with Gasteiger partial charge >= 0.3 is 0 Å². The number of carbonyl (C=O) groups excluding carboxylic acids is 1. The smallest absolute Gasteiger partial charge is 0.272 e. The zero-order chi connectivity index (χ0) is 18.2. The lowest BCUT2D eigenvalue weighted by molar-refractivity contribution is -0.0720. The van der Waals surface area contributed by atoms with Crippen molar-refractivity contribution >= 4 is 5.91 Å². The van der Waals surface area contributed by atoms with Crippen LogP contribution in [0, 0.1) is 0 Å². The van der Waals surface area contributed by atoms with Crippen LogP contribution in [-0.2, 0) is 0 Å². The highest BCUT2D eigenvalue weighted by Gasteiger charge is 2.42. The SMILES string of the molecule is CC(C)n1nccc1C(=O)N1CC[C@@](O)(CN2CCC(F)(F)CC2)C1. The van der Waals surface area contributed by atoms with Gasteiger partial charge in [0.1, 0.15) is 5.69 Å². The highest BCUT2D eigenvalue weighted by atomic mass is 19.3. The van der Waals surface area contributed by atoms with Gasteiger partial charge in [0.05, 0.1) is 12.1 Å². The van der Waals surface area contributed by atoms with Gasteiger partial charge < -0.3 is 10.0 Å². The summed E-state index contributed by atoms with van der Waals surface area (Å²) in [6, 6.07) is 1.76. The van der Waals surface area contributed by atoms with E-state index in [9.17, 15) is 18.7 Å². The first-order chi connectivity index (χ1) is 11.7. The van der Waals surface area contributed by atoms with Crippen molar-refractivity contribution in [3.63, 3.8) is 0 Å². The number of alkyl halides is 2.